The standard InChI is InChI=1S/C12H21N3/c1-9-3-4-11(8-13)12(7-9)15-6-5-14-10(15)2/h5-6,9,11-12H,3-4,7-8,13H2,1-2H3. The van der Waals surface area contributed by atoms with Crippen molar-refractivity contribution in [3.05, 3.63) is 18.2 Å². The third-order valence-corrected chi connectivity index (χ3v) is 3.74. The zero-order valence-electron chi connectivity index (χ0n) is 9.69. The van der Waals surface area contributed by atoms with Crippen molar-refractivity contribution < 1.29 is 0 Å². The van der Waals surface area contributed by atoms with Gasteiger partial charge in [-0.1, -0.05) is 13.3 Å². The van der Waals surface area contributed by atoms with E-state index >= 15 is 0 Å². The summed E-state index contributed by atoms with van der Waals surface area (Å²) in [6.07, 6.45) is 7.83. The van der Waals surface area contributed by atoms with E-state index in [0.29, 0.717) is 12.0 Å². The Bertz CT molecular complexity index is 318. The second kappa shape index (κ2) is 4.35. The first kappa shape index (κ1) is 10.7. The van der Waals surface area contributed by atoms with Gasteiger partial charge < -0.3 is 10.3 Å². The maximum Gasteiger partial charge on any atom is 0.105 e. The maximum absolute atomic E-state index is 5.86. The lowest BCUT2D eigenvalue weighted by atomic mass is 9.79. The molecule has 3 heteroatoms. The van der Waals surface area contributed by atoms with E-state index in [0.717, 1.165) is 18.3 Å². The predicted molar refractivity (Wildman–Crippen MR) is 61.6 cm³/mol. The first-order chi connectivity index (χ1) is 7.22. The van der Waals surface area contributed by atoms with Crippen LogP contribution in [0, 0.1) is 18.8 Å². The van der Waals surface area contributed by atoms with E-state index in [1.54, 1.807) is 0 Å². The van der Waals surface area contributed by atoms with Crippen molar-refractivity contribution in [1.82, 2.24) is 9.55 Å². The van der Waals surface area contributed by atoms with Crippen LogP contribution in [0.15, 0.2) is 12.4 Å². The molecule has 3 nitrogen and oxygen atoms in total. The Labute approximate surface area is 91.7 Å². The lowest BCUT2D eigenvalue weighted by Gasteiger charge is -2.35. The average Bonchev–Trinajstić information content (AvgIpc) is 2.64. The van der Waals surface area contributed by atoms with Crippen molar-refractivity contribution in [2.75, 3.05) is 6.54 Å². The molecular formula is C12H21N3. The van der Waals surface area contributed by atoms with Crippen LogP contribution in [-0.4, -0.2) is 16.1 Å². The number of aromatic nitrogens is 2. The molecule has 3 atom stereocenters. The topological polar surface area (TPSA) is 43.8 Å². The molecule has 84 valence electrons. The molecule has 1 saturated carbocycles. The Morgan fingerprint density at radius 2 is 2.33 bits per heavy atom. The van der Waals surface area contributed by atoms with Gasteiger partial charge in [-0.25, -0.2) is 4.98 Å². The summed E-state index contributed by atoms with van der Waals surface area (Å²) < 4.78 is 2.31. The van der Waals surface area contributed by atoms with Gasteiger partial charge in [-0.3, -0.25) is 0 Å². The zero-order chi connectivity index (χ0) is 10.8. The van der Waals surface area contributed by atoms with E-state index in [4.69, 9.17) is 5.73 Å². The summed E-state index contributed by atoms with van der Waals surface area (Å²) in [6, 6.07) is 0.571. The molecule has 0 aliphatic heterocycles. The summed E-state index contributed by atoms with van der Waals surface area (Å²) in [5, 5.41) is 0. The van der Waals surface area contributed by atoms with Gasteiger partial charge in [-0.15, -0.1) is 0 Å². The minimum atomic E-state index is 0.571. The smallest absolute Gasteiger partial charge is 0.105 e. The Kier molecular flexibility index (Phi) is 3.10. The number of imidazole rings is 1. The summed E-state index contributed by atoms with van der Waals surface area (Å²) in [4.78, 5) is 4.31. The van der Waals surface area contributed by atoms with Crippen molar-refractivity contribution in [2.24, 2.45) is 17.6 Å². The number of nitrogens with two attached hydrogens (primary N) is 1. The molecular weight excluding hydrogens is 186 g/mol. The Balaban J connectivity index is 2.20. The average molecular weight is 207 g/mol. The van der Waals surface area contributed by atoms with Crippen molar-refractivity contribution in [1.29, 1.82) is 0 Å². The molecule has 1 fully saturated rings. The molecule has 1 aromatic heterocycles. The Morgan fingerprint density at radius 1 is 1.53 bits per heavy atom. The van der Waals surface area contributed by atoms with Gasteiger partial charge in [0.15, 0.2) is 0 Å². The molecule has 0 bridgehead atoms. The molecule has 1 aromatic rings. The van der Waals surface area contributed by atoms with E-state index in [1.807, 2.05) is 6.20 Å². The molecule has 0 radical (unpaired) electrons. The van der Waals surface area contributed by atoms with E-state index < -0.39 is 0 Å². The monoisotopic (exact) mass is 207 g/mol. The van der Waals surface area contributed by atoms with Crippen molar-refractivity contribution >= 4 is 0 Å². The molecule has 1 aliphatic rings. The van der Waals surface area contributed by atoms with Crippen LogP contribution in [0.1, 0.15) is 38.1 Å². The van der Waals surface area contributed by atoms with Crippen molar-refractivity contribution in [3.8, 4) is 0 Å². The van der Waals surface area contributed by atoms with E-state index in [1.165, 1.54) is 19.3 Å². The third-order valence-electron chi connectivity index (χ3n) is 3.74. The highest BCUT2D eigenvalue weighted by Gasteiger charge is 2.29. The van der Waals surface area contributed by atoms with Crippen LogP contribution in [0.3, 0.4) is 0 Å². The largest absolute Gasteiger partial charge is 0.332 e. The minimum absolute atomic E-state index is 0.571. The predicted octanol–water partition coefficient (Wildman–Crippen LogP) is 2.13. The van der Waals surface area contributed by atoms with Crippen LogP contribution in [0.2, 0.25) is 0 Å². The number of hydrogen-bond donors (Lipinski definition) is 1. The Hall–Kier alpha value is -0.830. The van der Waals surface area contributed by atoms with Gasteiger partial charge in [-0.2, -0.15) is 0 Å². The number of hydrogen-bond acceptors (Lipinski definition) is 2. The Morgan fingerprint density at radius 3 is 2.93 bits per heavy atom. The lowest BCUT2D eigenvalue weighted by Crippen LogP contribution is -2.32. The van der Waals surface area contributed by atoms with Crippen LogP contribution in [-0.2, 0) is 0 Å². The summed E-state index contributed by atoms with van der Waals surface area (Å²) in [5.41, 5.74) is 5.86. The fourth-order valence-electron chi connectivity index (χ4n) is 2.77. The quantitative estimate of drug-likeness (QED) is 0.807. The van der Waals surface area contributed by atoms with Gasteiger partial charge in [0.1, 0.15) is 5.82 Å². The molecule has 1 heterocycles. The molecule has 1 aliphatic carbocycles. The van der Waals surface area contributed by atoms with Crippen LogP contribution in [0.25, 0.3) is 0 Å². The lowest BCUT2D eigenvalue weighted by molar-refractivity contribution is 0.195. The fourth-order valence-corrected chi connectivity index (χ4v) is 2.77. The molecule has 0 aromatic carbocycles. The molecule has 0 saturated heterocycles. The number of aryl methyl sites for hydroxylation is 1. The fraction of sp³-hybridized carbons (Fsp3) is 0.750. The molecule has 2 N–H and O–H groups in total. The van der Waals surface area contributed by atoms with E-state index in [2.05, 4.69) is 29.6 Å². The summed E-state index contributed by atoms with van der Waals surface area (Å²) in [6.45, 7) is 5.22. The van der Waals surface area contributed by atoms with Gasteiger partial charge in [0, 0.05) is 18.4 Å². The second-order valence-electron chi connectivity index (χ2n) is 4.86. The van der Waals surface area contributed by atoms with Gasteiger partial charge in [0.2, 0.25) is 0 Å². The van der Waals surface area contributed by atoms with Crippen LogP contribution in [0.5, 0.6) is 0 Å². The van der Waals surface area contributed by atoms with E-state index in [-0.39, 0.29) is 0 Å². The zero-order valence-corrected chi connectivity index (χ0v) is 9.69. The molecule has 3 unspecified atom stereocenters. The van der Waals surface area contributed by atoms with Crippen LogP contribution < -0.4 is 5.73 Å². The highest BCUT2D eigenvalue weighted by Crippen LogP contribution is 2.36. The summed E-state index contributed by atoms with van der Waals surface area (Å²) in [7, 11) is 0. The van der Waals surface area contributed by atoms with Gasteiger partial charge in [0.25, 0.3) is 0 Å². The van der Waals surface area contributed by atoms with Crippen LogP contribution in [0.4, 0.5) is 0 Å². The van der Waals surface area contributed by atoms with Gasteiger partial charge in [-0.05, 0) is 38.1 Å². The normalized spacial score (nSPS) is 31.8. The summed E-state index contributed by atoms with van der Waals surface area (Å²) in [5.74, 6) is 2.57. The number of rotatable bonds is 2. The third kappa shape index (κ3) is 2.07. The van der Waals surface area contributed by atoms with Gasteiger partial charge >= 0.3 is 0 Å². The number of nitrogens with zero attached hydrogens (tertiary/aromatic N) is 2. The molecule has 15 heavy (non-hydrogen) atoms. The summed E-state index contributed by atoms with van der Waals surface area (Å²) >= 11 is 0. The highest BCUT2D eigenvalue weighted by atomic mass is 15.1. The molecule has 0 spiro atoms. The second-order valence-corrected chi connectivity index (χ2v) is 4.86. The van der Waals surface area contributed by atoms with Crippen LogP contribution >= 0.6 is 0 Å². The SMILES string of the molecule is Cc1nccn1C1CC(C)CCC1CN. The van der Waals surface area contributed by atoms with Crippen molar-refractivity contribution in [3.63, 3.8) is 0 Å². The molecule has 2 rings (SSSR count). The van der Waals surface area contributed by atoms with Crippen molar-refractivity contribution in [2.45, 2.75) is 39.2 Å². The first-order valence-electron chi connectivity index (χ1n) is 5.92. The first-order valence-corrected chi connectivity index (χ1v) is 5.92. The van der Waals surface area contributed by atoms with E-state index in [9.17, 15) is 0 Å². The molecule has 0 amide bonds. The minimum Gasteiger partial charge on any atom is -0.332 e. The van der Waals surface area contributed by atoms with Gasteiger partial charge in [0.05, 0.1) is 0 Å². The highest BCUT2D eigenvalue weighted by molar-refractivity contribution is 4.96. The maximum atomic E-state index is 5.86.